The van der Waals surface area contributed by atoms with E-state index < -0.39 is 0 Å². The Morgan fingerprint density at radius 3 is 2.69 bits per heavy atom. The van der Waals surface area contributed by atoms with E-state index in [-0.39, 0.29) is 12.5 Å². The summed E-state index contributed by atoms with van der Waals surface area (Å²) in [7, 11) is 2.04. The third kappa shape index (κ3) is 3.10. The van der Waals surface area contributed by atoms with Crippen molar-refractivity contribution in [2.75, 3.05) is 13.2 Å². The van der Waals surface area contributed by atoms with Gasteiger partial charge in [-0.1, -0.05) is 0 Å². The second kappa shape index (κ2) is 5.70. The first-order valence-corrected chi connectivity index (χ1v) is 5.54. The molecule has 90 valence electrons. The van der Waals surface area contributed by atoms with Crippen LogP contribution >= 0.6 is 0 Å². The van der Waals surface area contributed by atoms with Crippen LogP contribution in [0.5, 0.6) is 0 Å². The van der Waals surface area contributed by atoms with Crippen molar-refractivity contribution < 1.29 is 9.53 Å². The van der Waals surface area contributed by atoms with Gasteiger partial charge >= 0.3 is 5.97 Å². The number of carbonyl (C=O) groups is 1. The van der Waals surface area contributed by atoms with Gasteiger partial charge in [0.2, 0.25) is 0 Å². The number of hydrogen-bond donors (Lipinski definition) is 1. The normalized spacial score (nSPS) is 10.5. The zero-order chi connectivity index (χ0) is 12.1. The molecule has 1 heterocycles. The standard InChI is InChI=1S/C12H20N2O2/c1-5-16-12(15)8-13-7-11-6-9(2)14(4)10(11)3/h6,13H,5,7-8H2,1-4H3. The summed E-state index contributed by atoms with van der Waals surface area (Å²) < 4.78 is 6.97. The van der Waals surface area contributed by atoms with E-state index in [2.05, 4.69) is 29.8 Å². The van der Waals surface area contributed by atoms with Crippen LogP contribution in [0.15, 0.2) is 6.07 Å². The van der Waals surface area contributed by atoms with Crippen LogP contribution in [-0.4, -0.2) is 23.7 Å². The number of carbonyl (C=O) groups excluding carboxylic acids is 1. The monoisotopic (exact) mass is 224 g/mol. The number of hydrogen-bond acceptors (Lipinski definition) is 3. The summed E-state index contributed by atoms with van der Waals surface area (Å²) in [5.74, 6) is -0.201. The SMILES string of the molecule is CCOC(=O)CNCc1cc(C)n(C)c1C. The lowest BCUT2D eigenvalue weighted by molar-refractivity contribution is -0.142. The van der Waals surface area contributed by atoms with Crippen LogP contribution in [0, 0.1) is 13.8 Å². The summed E-state index contributed by atoms with van der Waals surface area (Å²) in [5, 5.41) is 3.08. The molecule has 0 saturated heterocycles. The molecule has 0 aliphatic carbocycles. The van der Waals surface area contributed by atoms with Gasteiger partial charge in [0.15, 0.2) is 0 Å². The molecule has 1 aromatic rings. The molecular weight excluding hydrogens is 204 g/mol. The van der Waals surface area contributed by atoms with E-state index in [1.54, 1.807) is 0 Å². The Balaban J connectivity index is 2.43. The number of ether oxygens (including phenoxy) is 1. The van der Waals surface area contributed by atoms with Crippen LogP contribution in [0.4, 0.5) is 0 Å². The maximum atomic E-state index is 11.1. The van der Waals surface area contributed by atoms with Crippen LogP contribution in [0.3, 0.4) is 0 Å². The molecule has 0 saturated carbocycles. The minimum atomic E-state index is -0.201. The van der Waals surface area contributed by atoms with Gasteiger partial charge in [-0.25, -0.2) is 0 Å². The molecule has 0 fully saturated rings. The predicted molar refractivity (Wildman–Crippen MR) is 63.2 cm³/mol. The molecule has 1 aromatic heterocycles. The summed E-state index contributed by atoms with van der Waals surface area (Å²) in [5.41, 5.74) is 3.68. The van der Waals surface area contributed by atoms with E-state index in [9.17, 15) is 4.79 Å². The van der Waals surface area contributed by atoms with Gasteiger partial charge in [-0.2, -0.15) is 0 Å². The van der Waals surface area contributed by atoms with Crippen molar-refractivity contribution in [2.45, 2.75) is 27.3 Å². The number of nitrogens with zero attached hydrogens (tertiary/aromatic N) is 1. The molecule has 0 radical (unpaired) electrons. The van der Waals surface area contributed by atoms with Crippen molar-refractivity contribution in [3.8, 4) is 0 Å². The van der Waals surface area contributed by atoms with Gasteiger partial charge in [0.05, 0.1) is 13.2 Å². The zero-order valence-electron chi connectivity index (χ0n) is 10.5. The summed E-state index contributed by atoms with van der Waals surface area (Å²) in [6, 6.07) is 2.13. The molecule has 1 rings (SSSR count). The maximum Gasteiger partial charge on any atom is 0.319 e. The molecule has 1 N–H and O–H groups in total. The lowest BCUT2D eigenvalue weighted by atomic mass is 10.2. The fourth-order valence-corrected chi connectivity index (χ4v) is 1.62. The van der Waals surface area contributed by atoms with Gasteiger partial charge in [-0.3, -0.25) is 4.79 Å². The number of aryl methyl sites for hydroxylation is 1. The molecule has 0 unspecified atom stereocenters. The molecule has 0 amide bonds. The zero-order valence-corrected chi connectivity index (χ0v) is 10.5. The van der Waals surface area contributed by atoms with E-state index in [1.807, 2.05) is 14.0 Å². The Kier molecular flexibility index (Phi) is 4.55. The highest BCUT2D eigenvalue weighted by atomic mass is 16.5. The first-order valence-electron chi connectivity index (χ1n) is 5.54. The Morgan fingerprint density at radius 1 is 1.50 bits per heavy atom. The topological polar surface area (TPSA) is 43.3 Å². The Morgan fingerprint density at radius 2 is 2.19 bits per heavy atom. The van der Waals surface area contributed by atoms with Crippen molar-refractivity contribution in [2.24, 2.45) is 7.05 Å². The summed E-state index contributed by atoms with van der Waals surface area (Å²) in [4.78, 5) is 11.1. The fraction of sp³-hybridized carbons (Fsp3) is 0.583. The lowest BCUT2D eigenvalue weighted by Crippen LogP contribution is -2.24. The quantitative estimate of drug-likeness (QED) is 0.766. The molecule has 16 heavy (non-hydrogen) atoms. The molecule has 0 atom stereocenters. The van der Waals surface area contributed by atoms with Crippen molar-refractivity contribution >= 4 is 5.97 Å². The van der Waals surface area contributed by atoms with Crippen LogP contribution < -0.4 is 5.32 Å². The highest BCUT2D eigenvalue weighted by molar-refractivity contribution is 5.71. The third-order valence-corrected chi connectivity index (χ3v) is 2.77. The minimum absolute atomic E-state index is 0.201. The number of aromatic nitrogens is 1. The van der Waals surface area contributed by atoms with E-state index in [0.29, 0.717) is 13.2 Å². The number of esters is 1. The molecule has 0 bridgehead atoms. The first-order chi connectivity index (χ1) is 7.56. The fourth-order valence-electron chi connectivity index (χ4n) is 1.62. The second-order valence-electron chi connectivity index (χ2n) is 3.86. The molecule has 4 nitrogen and oxygen atoms in total. The highest BCUT2D eigenvalue weighted by Gasteiger charge is 2.06. The smallest absolute Gasteiger partial charge is 0.319 e. The van der Waals surface area contributed by atoms with Crippen molar-refractivity contribution in [1.82, 2.24) is 9.88 Å². The average molecular weight is 224 g/mol. The van der Waals surface area contributed by atoms with Crippen LogP contribution in [0.1, 0.15) is 23.9 Å². The Hall–Kier alpha value is -1.29. The van der Waals surface area contributed by atoms with Crippen LogP contribution in [-0.2, 0) is 23.1 Å². The van der Waals surface area contributed by atoms with E-state index in [1.165, 1.54) is 17.0 Å². The minimum Gasteiger partial charge on any atom is -0.465 e. The Bertz CT molecular complexity index is 369. The summed E-state index contributed by atoms with van der Waals surface area (Å²) in [6.07, 6.45) is 0. The summed E-state index contributed by atoms with van der Waals surface area (Å²) >= 11 is 0. The predicted octanol–water partition coefficient (Wildman–Crippen LogP) is 1.29. The summed E-state index contributed by atoms with van der Waals surface area (Å²) in [6.45, 7) is 7.36. The van der Waals surface area contributed by atoms with Crippen molar-refractivity contribution in [1.29, 1.82) is 0 Å². The largest absolute Gasteiger partial charge is 0.465 e. The molecule has 0 aliphatic rings. The molecule has 4 heteroatoms. The molecular formula is C12H20N2O2. The van der Waals surface area contributed by atoms with Gasteiger partial charge in [0, 0.05) is 25.0 Å². The number of nitrogens with one attached hydrogen (secondary N) is 1. The second-order valence-corrected chi connectivity index (χ2v) is 3.86. The van der Waals surface area contributed by atoms with Gasteiger partial charge in [-0.15, -0.1) is 0 Å². The van der Waals surface area contributed by atoms with E-state index in [0.717, 1.165) is 0 Å². The van der Waals surface area contributed by atoms with Gasteiger partial charge in [0.25, 0.3) is 0 Å². The van der Waals surface area contributed by atoms with Crippen molar-refractivity contribution in [3.05, 3.63) is 23.0 Å². The maximum absolute atomic E-state index is 11.1. The van der Waals surface area contributed by atoms with E-state index >= 15 is 0 Å². The van der Waals surface area contributed by atoms with Crippen LogP contribution in [0.25, 0.3) is 0 Å². The molecule has 0 spiro atoms. The first kappa shape index (κ1) is 12.8. The number of rotatable bonds is 5. The average Bonchev–Trinajstić information content (AvgIpc) is 2.47. The van der Waals surface area contributed by atoms with Gasteiger partial charge in [0.1, 0.15) is 0 Å². The van der Waals surface area contributed by atoms with Gasteiger partial charge in [-0.05, 0) is 32.4 Å². The molecule has 0 aliphatic heterocycles. The lowest BCUT2D eigenvalue weighted by Gasteiger charge is -2.05. The Labute approximate surface area is 96.6 Å². The molecule has 0 aromatic carbocycles. The highest BCUT2D eigenvalue weighted by Crippen LogP contribution is 2.12. The van der Waals surface area contributed by atoms with Gasteiger partial charge < -0.3 is 14.6 Å². The van der Waals surface area contributed by atoms with E-state index in [4.69, 9.17) is 4.74 Å². The third-order valence-electron chi connectivity index (χ3n) is 2.77. The van der Waals surface area contributed by atoms with Crippen LogP contribution in [0.2, 0.25) is 0 Å². The van der Waals surface area contributed by atoms with Crippen molar-refractivity contribution in [3.63, 3.8) is 0 Å².